The van der Waals surface area contributed by atoms with Crippen molar-refractivity contribution in [1.82, 2.24) is 0 Å². The lowest BCUT2D eigenvalue weighted by atomic mass is 10.0. The van der Waals surface area contributed by atoms with Crippen molar-refractivity contribution >= 4 is 22.8 Å². The molecule has 2 aromatic carbocycles. The first-order valence-corrected chi connectivity index (χ1v) is 7.28. The Balaban J connectivity index is 2.34. The van der Waals surface area contributed by atoms with Crippen LogP contribution < -0.4 is 4.74 Å². The number of hydrogen-bond acceptors (Lipinski definition) is 2. The Morgan fingerprint density at radius 2 is 2.00 bits per heavy atom. The van der Waals surface area contributed by atoms with Gasteiger partial charge in [-0.2, -0.15) is 0 Å². The maximum Gasteiger partial charge on any atom is 0.328 e. The Hall–Kier alpha value is -2.29. The fourth-order valence-corrected chi connectivity index (χ4v) is 2.26. The first-order valence-electron chi connectivity index (χ1n) is 7.28. The van der Waals surface area contributed by atoms with Crippen molar-refractivity contribution in [1.29, 1.82) is 0 Å². The molecule has 2 aromatic rings. The molecule has 0 heterocycles. The Morgan fingerprint density at radius 1 is 1.19 bits per heavy atom. The summed E-state index contributed by atoms with van der Waals surface area (Å²) in [5.41, 5.74) is 0.826. The Labute approximate surface area is 124 Å². The SMILES string of the molecule is CCCCCOc1ccc2ccccc2c1/C=C/C(=O)O. The number of carboxylic acid groups (broad SMARTS) is 1. The highest BCUT2D eigenvalue weighted by atomic mass is 16.5. The molecule has 3 nitrogen and oxygen atoms in total. The van der Waals surface area contributed by atoms with E-state index in [1.165, 1.54) is 0 Å². The molecule has 0 amide bonds. The monoisotopic (exact) mass is 284 g/mol. The highest BCUT2D eigenvalue weighted by molar-refractivity contribution is 5.96. The first kappa shape index (κ1) is 15.1. The molecule has 0 aliphatic rings. The molecule has 0 bridgehead atoms. The van der Waals surface area contributed by atoms with E-state index in [0.29, 0.717) is 6.61 Å². The van der Waals surface area contributed by atoms with Crippen LogP contribution in [0.5, 0.6) is 5.75 Å². The Kier molecular flexibility index (Phi) is 5.38. The molecule has 0 unspecified atom stereocenters. The molecule has 0 radical (unpaired) electrons. The number of unbranched alkanes of at least 4 members (excludes halogenated alkanes) is 2. The highest BCUT2D eigenvalue weighted by Gasteiger charge is 2.06. The van der Waals surface area contributed by atoms with E-state index in [9.17, 15) is 4.79 Å². The van der Waals surface area contributed by atoms with E-state index in [1.807, 2.05) is 36.4 Å². The third-order valence-corrected chi connectivity index (χ3v) is 3.33. The molecule has 0 spiro atoms. The Morgan fingerprint density at radius 3 is 2.76 bits per heavy atom. The van der Waals surface area contributed by atoms with E-state index in [0.717, 1.165) is 47.4 Å². The minimum absolute atomic E-state index is 0.653. The van der Waals surface area contributed by atoms with E-state index >= 15 is 0 Å². The van der Waals surface area contributed by atoms with Crippen LogP contribution in [0.15, 0.2) is 42.5 Å². The maximum atomic E-state index is 10.8. The number of aliphatic carboxylic acids is 1. The second kappa shape index (κ2) is 7.48. The molecule has 0 aliphatic carbocycles. The summed E-state index contributed by atoms with van der Waals surface area (Å²) in [6.45, 7) is 2.80. The van der Waals surface area contributed by atoms with Gasteiger partial charge in [-0.05, 0) is 29.3 Å². The van der Waals surface area contributed by atoms with Gasteiger partial charge in [0.05, 0.1) is 6.61 Å². The number of rotatable bonds is 7. The molecule has 21 heavy (non-hydrogen) atoms. The van der Waals surface area contributed by atoms with E-state index in [2.05, 4.69) is 6.92 Å². The quantitative estimate of drug-likeness (QED) is 0.601. The first-order chi connectivity index (χ1) is 10.2. The molecule has 0 fully saturated rings. The van der Waals surface area contributed by atoms with Crippen molar-refractivity contribution in [3.05, 3.63) is 48.0 Å². The largest absolute Gasteiger partial charge is 0.493 e. The van der Waals surface area contributed by atoms with E-state index < -0.39 is 5.97 Å². The summed E-state index contributed by atoms with van der Waals surface area (Å²) in [5.74, 6) is -0.220. The van der Waals surface area contributed by atoms with Crippen molar-refractivity contribution in [2.45, 2.75) is 26.2 Å². The molecule has 2 rings (SSSR count). The van der Waals surface area contributed by atoms with Crippen molar-refractivity contribution in [3.63, 3.8) is 0 Å². The summed E-state index contributed by atoms with van der Waals surface area (Å²) in [4.78, 5) is 10.8. The standard InChI is InChI=1S/C18H20O3/c1-2-3-6-13-21-17-11-9-14-7-4-5-8-15(14)16(17)10-12-18(19)20/h4-5,7-12H,2-3,6,13H2,1H3,(H,19,20)/b12-10+. The number of ether oxygens (including phenoxy) is 1. The van der Waals surface area contributed by atoms with Crippen molar-refractivity contribution in [2.24, 2.45) is 0 Å². The molecule has 110 valence electrons. The average molecular weight is 284 g/mol. The fraction of sp³-hybridized carbons (Fsp3) is 0.278. The number of carbonyl (C=O) groups is 1. The van der Waals surface area contributed by atoms with Crippen LogP contribution in [0.2, 0.25) is 0 Å². The van der Waals surface area contributed by atoms with Crippen LogP contribution in [-0.4, -0.2) is 17.7 Å². The van der Waals surface area contributed by atoms with Crippen LogP contribution in [-0.2, 0) is 4.79 Å². The number of benzene rings is 2. The van der Waals surface area contributed by atoms with Crippen molar-refractivity contribution < 1.29 is 14.6 Å². The average Bonchev–Trinajstić information content (AvgIpc) is 2.49. The van der Waals surface area contributed by atoms with E-state index in [-0.39, 0.29) is 0 Å². The summed E-state index contributed by atoms with van der Waals surface area (Å²) in [6, 6.07) is 11.8. The van der Waals surface area contributed by atoms with Gasteiger partial charge in [0.25, 0.3) is 0 Å². The van der Waals surface area contributed by atoms with Crippen LogP contribution in [0.4, 0.5) is 0 Å². The van der Waals surface area contributed by atoms with Gasteiger partial charge in [0.1, 0.15) is 5.75 Å². The minimum atomic E-state index is -0.958. The van der Waals surface area contributed by atoms with Crippen LogP contribution in [0.1, 0.15) is 31.7 Å². The fourth-order valence-electron chi connectivity index (χ4n) is 2.26. The van der Waals surface area contributed by atoms with Gasteiger partial charge in [-0.3, -0.25) is 0 Å². The lowest BCUT2D eigenvalue weighted by Gasteiger charge is -2.11. The zero-order chi connectivity index (χ0) is 15.1. The summed E-state index contributed by atoms with van der Waals surface area (Å²) in [5, 5.41) is 10.9. The molecule has 0 atom stereocenters. The summed E-state index contributed by atoms with van der Waals surface area (Å²) in [6.07, 6.45) is 6.05. The summed E-state index contributed by atoms with van der Waals surface area (Å²) < 4.78 is 5.84. The highest BCUT2D eigenvalue weighted by Crippen LogP contribution is 2.29. The molecule has 3 heteroatoms. The van der Waals surface area contributed by atoms with E-state index in [4.69, 9.17) is 9.84 Å². The van der Waals surface area contributed by atoms with Gasteiger partial charge in [0.15, 0.2) is 0 Å². The van der Waals surface area contributed by atoms with Gasteiger partial charge < -0.3 is 9.84 Å². The van der Waals surface area contributed by atoms with Gasteiger partial charge in [-0.15, -0.1) is 0 Å². The summed E-state index contributed by atoms with van der Waals surface area (Å²) in [7, 11) is 0. The molecule has 0 saturated carbocycles. The molecular weight excluding hydrogens is 264 g/mol. The third-order valence-electron chi connectivity index (χ3n) is 3.33. The second-order valence-electron chi connectivity index (χ2n) is 4.93. The maximum absolute atomic E-state index is 10.8. The normalized spacial score (nSPS) is 11.1. The Bertz CT molecular complexity index is 644. The van der Waals surface area contributed by atoms with E-state index in [1.54, 1.807) is 6.08 Å². The molecular formula is C18H20O3. The topological polar surface area (TPSA) is 46.5 Å². The predicted octanol–water partition coefficient (Wildman–Crippen LogP) is 4.51. The van der Waals surface area contributed by atoms with Gasteiger partial charge in [0, 0.05) is 11.6 Å². The summed E-state index contributed by atoms with van der Waals surface area (Å²) >= 11 is 0. The van der Waals surface area contributed by atoms with Gasteiger partial charge in [-0.1, -0.05) is 50.1 Å². The zero-order valence-electron chi connectivity index (χ0n) is 12.2. The smallest absolute Gasteiger partial charge is 0.328 e. The predicted molar refractivity (Wildman–Crippen MR) is 85.6 cm³/mol. The number of fused-ring (bicyclic) bond motifs is 1. The lowest BCUT2D eigenvalue weighted by Crippen LogP contribution is -1.99. The number of carboxylic acids is 1. The zero-order valence-corrected chi connectivity index (χ0v) is 12.2. The molecule has 1 N–H and O–H groups in total. The minimum Gasteiger partial charge on any atom is -0.493 e. The van der Waals surface area contributed by atoms with Gasteiger partial charge in [-0.25, -0.2) is 4.79 Å². The lowest BCUT2D eigenvalue weighted by molar-refractivity contribution is -0.131. The molecule has 0 saturated heterocycles. The van der Waals surface area contributed by atoms with Gasteiger partial charge in [0.2, 0.25) is 0 Å². The van der Waals surface area contributed by atoms with Crippen LogP contribution >= 0.6 is 0 Å². The van der Waals surface area contributed by atoms with Crippen molar-refractivity contribution in [3.8, 4) is 5.75 Å². The van der Waals surface area contributed by atoms with Gasteiger partial charge >= 0.3 is 5.97 Å². The van der Waals surface area contributed by atoms with Crippen LogP contribution in [0, 0.1) is 0 Å². The second-order valence-corrected chi connectivity index (χ2v) is 4.93. The molecule has 0 aliphatic heterocycles. The third kappa shape index (κ3) is 4.09. The number of hydrogen-bond donors (Lipinski definition) is 1. The van der Waals surface area contributed by atoms with Crippen LogP contribution in [0.3, 0.4) is 0 Å². The molecule has 0 aromatic heterocycles. The van der Waals surface area contributed by atoms with Crippen LogP contribution in [0.25, 0.3) is 16.8 Å². The van der Waals surface area contributed by atoms with Crippen molar-refractivity contribution in [2.75, 3.05) is 6.61 Å².